The van der Waals surface area contributed by atoms with E-state index in [4.69, 9.17) is 37.8 Å². The lowest BCUT2D eigenvalue weighted by Crippen LogP contribution is -2.36. The Hall–Kier alpha value is -4.56. The second-order valence-electron chi connectivity index (χ2n) is 11.8. The lowest BCUT2D eigenvalue weighted by molar-refractivity contribution is 0.216. The number of hydrogen-bond acceptors (Lipinski definition) is 8. The van der Waals surface area contributed by atoms with Gasteiger partial charge >= 0.3 is 12.1 Å². The number of ether oxygens (including phenoxy) is 2. The van der Waals surface area contributed by atoms with Crippen molar-refractivity contribution in [3.63, 3.8) is 0 Å². The summed E-state index contributed by atoms with van der Waals surface area (Å²) in [6.07, 6.45) is 5.08. The maximum atomic E-state index is 13.2. The second-order valence-corrected chi connectivity index (χ2v) is 12.5. The summed E-state index contributed by atoms with van der Waals surface area (Å²) in [6, 6.07) is 13.0. The zero-order chi connectivity index (χ0) is 35.1. The summed E-state index contributed by atoms with van der Waals surface area (Å²) in [7, 11) is 5.53. The zero-order valence-electron chi connectivity index (χ0n) is 27.8. The predicted octanol–water partition coefficient (Wildman–Crippen LogP) is 7.02. The third-order valence-corrected chi connectivity index (χ3v) is 9.01. The number of methoxy groups -OCH3 is 1. The van der Waals surface area contributed by atoms with E-state index >= 15 is 0 Å². The number of unbranched alkanes of at least 4 members (excludes halogenated alkanes) is 1. The highest BCUT2D eigenvalue weighted by atomic mass is 35.5. The van der Waals surface area contributed by atoms with Crippen LogP contribution in [0.3, 0.4) is 0 Å². The minimum Gasteiger partial charge on any atom is -0.496 e. The first-order valence-corrected chi connectivity index (χ1v) is 16.6. The van der Waals surface area contributed by atoms with Crippen LogP contribution >= 0.6 is 23.2 Å². The molecule has 0 spiro atoms. The number of pyridine rings is 1. The number of carbonyl (C=O) groups is 2. The molecule has 260 valence electrons. The molecule has 1 atom stereocenters. The van der Waals surface area contributed by atoms with Gasteiger partial charge in [0, 0.05) is 49.1 Å². The van der Waals surface area contributed by atoms with Crippen molar-refractivity contribution in [2.75, 3.05) is 50.2 Å². The normalized spacial score (nSPS) is 14.2. The molecule has 3 heterocycles. The minimum absolute atomic E-state index is 0.0721. The molecule has 1 unspecified atom stereocenters. The number of anilines is 3. The Morgan fingerprint density at radius 1 is 1.04 bits per heavy atom. The lowest BCUT2D eigenvalue weighted by Gasteiger charge is -2.20. The number of aryl methyl sites for hydroxylation is 1. The quantitative estimate of drug-likeness (QED) is 0.123. The molecule has 49 heavy (non-hydrogen) atoms. The van der Waals surface area contributed by atoms with E-state index in [0.29, 0.717) is 53.5 Å². The molecule has 1 saturated heterocycles. The number of aliphatic hydroxyl groups is 1. The molecule has 1 aliphatic heterocycles. The molecule has 1 fully saturated rings. The molecule has 4 N–H and O–H groups in total. The molecule has 4 aromatic rings. The van der Waals surface area contributed by atoms with Crippen molar-refractivity contribution in [1.82, 2.24) is 24.6 Å². The van der Waals surface area contributed by atoms with E-state index in [2.05, 4.69) is 32.8 Å². The van der Waals surface area contributed by atoms with Gasteiger partial charge in [0.15, 0.2) is 0 Å². The fraction of sp³-hybridized carbons (Fsp3) is 0.353. The van der Waals surface area contributed by atoms with Crippen molar-refractivity contribution in [3.8, 4) is 22.9 Å². The van der Waals surface area contributed by atoms with Crippen LogP contribution in [0.1, 0.15) is 37.4 Å². The van der Waals surface area contributed by atoms with Crippen molar-refractivity contribution in [2.24, 2.45) is 0 Å². The fourth-order valence-corrected chi connectivity index (χ4v) is 5.78. The molecular weight excluding hydrogens is 671 g/mol. The van der Waals surface area contributed by atoms with Gasteiger partial charge in [0.05, 0.1) is 35.8 Å². The number of likely N-dealkylation sites (tertiary alicyclic amines) is 1. The van der Waals surface area contributed by atoms with Gasteiger partial charge in [-0.25, -0.2) is 19.3 Å². The number of amides is 4. The van der Waals surface area contributed by atoms with Crippen molar-refractivity contribution >= 4 is 52.6 Å². The molecular formula is C34H40Cl2N8O5. The molecule has 2 aromatic carbocycles. The topological polar surface area (TPSA) is 146 Å². The van der Waals surface area contributed by atoms with Crippen LogP contribution in [-0.2, 0) is 13.0 Å². The first-order chi connectivity index (χ1) is 23.6. The molecule has 15 heteroatoms. The van der Waals surface area contributed by atoms with Crippen LogP contribution < -0.4 is 25.4 Å². The maximum Gasteiger partial charge on any atom is 0.324 e. The van der Waals surface area contributed by atoms with Crippen LogP contribution in [0.5, 0.6) is 17.2 Å². The number of halogens is 2. The van der Waals surface area contributed by atoms with E-state index in [1.807, 2.05) is 20.2 Å². The molecule has 0 saturated carbocycles. The molecule has 0 aliphatic carbocycles. The van der Waals surface area contributed by atoms with Crippen LogP contribution in [-0.4, -0.2) is 82.1 Å². The molecule has 0 bridgehead atoms. The van der Waals surface area contributed by atoms with Gasteiger partial charge in [-0.2, -0.15) is 5.10 Å². The highest BCUT2D eigenvalue weighted by Crippen LogP contribution is 2.40. The van der Waals surface area contributed by atoms with Gasteiger partial charge in [-0.1, -0.05) is 42.6 Å². The molecule has 2 aromatic heterocycles. The molecule has 4 amide bonds. The van der Waals surface area contributed by atoms with Gasteiger partial charge in [-0.3, -0.25) is 10.6 Å². The number of likely N-dealkylation sites (N-methyl/N-ethyl adjacent to an activating group) is 1. The van der Waals surface area contributed by atoms with Crippen LogP contribution in [0, 0.1) is 0 Å². The van der Waals surface area contributed by atoms with Crippen LogP contribution in [0.25, 0.3) is 5.69 Å². The number of urea groups is 2. The third-order valence-electron chi connectivity index (χ3n) is 8.14. The SMILES string of the molecule is CCCCc1cc(NC(=O)Nc2ccc(Oc3ccnc(NC(=O)N4CCC(N(C)C)C4)c3)c(Cl)c2Cl)n(-c2ccc(CO)c(OC)c2)n1. The number of hydrogen-bond donors (Lipinski definition) is 4. The summed E-state index contributed by atoms with van der Waals surface area (Å²) < 4.78 is 13.0. The maximum absolute atomic E-state index is 13.2. The summed E-state index contributed by atoms with van der Waals surface area (Å²) in [5.74, 6) is 1.87. The van der Waals surface area contributed by atoms with E-state index in [-0.39, 0.29) is 34.1 Å². The minimum atomic E-state index is -0.571. The average molecular weight is 712 g/mol. The highest BCUT2D eigenvalue weighted by Gasteiger charge is 2.27. The van der Waals surface area contributed by atoms with Crippen LogP contribution in [0.2, 0.25) is 10.0 Å². The average Bonchev–Trinajstić information content (AvgIpc) is 3.75. The van der Waals surface area contributed by atoms with E-state index in [1.54, 1.807) is 52.0 Å². The first-order valence-electron chi connectivity index (χ1n) is 15.9. The number of nitrogens with one attached hydrogen (secondary N) is 3. The van der Waals surface area contributed by atoms with Gasteiger partial charge in [-0.05, 0) is 57.6 Å². The summed E-state index contributed by atoms with van der Waals surface area (Å²) in [5.41, 5.74) is 2.33. The van der Waals surface area contributed by atoms with E-state index in [1.165, 1.54) is 13.3 Å². The van der Waals surface area contributed by atoms with E-state index < -0.39 is 6.03 Å². The molecule has 1 aliphatic rings. The van der Waals surface area contributed by atoms with Gasteiger partial charge in [-0.15, -0.1) is 0 Å². The summed E-state index contributed by atoms with van der Waals surface area (Å²) in [4.78, 5) is 34.1. The highest BCUT2D eigenvalue weighted by molar-refractivity contribution is 6.45. The Kier molecular flexibility index (Phi) is 11.8. The van der Waals surface area contributed by atoms with Crippen LogP contribution in [0.4, 0.5) is 26.9 Å². The third kappa shape index (κ3) is 8.73. The lowest BCUT2D eigenvalue weighted by atomic mass is 10.2. The Labute approximate surface area is 295 Å². The van der Waals surface area contributed by atoms with Gasteiger partial charge in [0.1, 0.15) is 33.9 Å². The van der Waals surface area contributed by atoms with Gasteiger partial charge < -0.3 is 29.7 Å². The molecule has 5 rings (SSSR count). The first kappa shape index (κ1) is 35.7. The largest absolute Gasteiger partial charge is 0.496 e. The predicted molar refractivity (Wildman–Crippen MR) is 191 cm³/mol. The number of nitrogens with zero attached hydrogens (tertiary/aromatic N) is 5. The number of rotatable bonds is 12. The van der Waals surface area contributed by atoms with Crippen molar-refractivity contribution in [1.29, 1.82) is 0 Å². The molecule has 13 nitrogen and oxygen atoms in total. The fourth-order valence-electron chi connectivity index (χ4n) is 5.38. The van der Waals surface area contributed by atoms with Crippen molar-refractivity contribution < 1.29 is 24.2 Å². The monoisotopic (exact) mass is 710 g/mol. The van der Waals surface area contributed by atoms with Crippen molar-refractivity contribution in [3.05, 3.63) is 76.0 Å². The Morgan fingerprint density at radius 2 is 1.86 bits per heavy atom. The van der Waals surface area contributed by atoms with Crippen LogP contribution in [0.15, 0.2) is 54.7 Å². The van der Waals surface area contributed by atoms with Crippen molar-refractivity contribution in [2.45, 2.75) is 45.3 Å². The smallest absolute Gasteiger partial charge is 0.324 e. The summed E-state index contributed by atoms with van der Waals surface area (Å²) in [6.45, 7) is 3.22. The molecule has 0 radical (unpaired) electrons. The zero-order valence-corrected chi connectivity index (χ0v) is 29.3. The van der Waals surface area contributed by atoms with E-state index in [0.717, 1.165) is 31.4 Å². The van der Waals surface area contributed by atoms with Gasteiger partial charge in [0.2, 0.25) is 0 Å². The van der Waals surface area contributed by atoms with E-state index in [9.17, 15) is 14.7 Å². The van der Waals surface area contributed by atoms with Gasteiger partial charge in [0.25, 0.3) is 0 Å². The standard InChI is InChI=1S/C34H40Cl2N8O5/c1-5-6-7-22-16-30(44(41-22)23-9-8-21(20-45)28(17-23)48-4)40-33(46)38-26-10-11-27(32(36)31(26)35)49-25-12-14-37-29(18-25)39-34(47)43-15-13-24(19-43)42(2)3/h8-12,14,16-18,24,45H,5-7,13,15,19-20H2,1-4H3,(H,37,39,47)(H2,38,40,46). The number of carbonyl (C=O) groups excluding carboxylic acids is 2. The Bertz CT molecular complexity index is 1800. The number of aliphatic hydroxyl groups excluding tert-OH is 1. The number of benzene rings is 2. The Morgan fingerprint density at radius 3 is 2.57 bits per heavy atom. The Balaban J connectivity index is 1.27. The number of aromatic nitrogens is 3. The second kappa shape index (κ2) is 16.2. The summed E-state index contributed by atoms with van der Waals surface area (Å²) >= 11 is 13.2. The summed E-state index contributed by atoms with van der Waals surface area (Å²) in [5, 5.41) is 22.9.